The molecule has 0 spiro atoms. The summed E-state index contributed by atoms with van der Waals surface area (Å²) < 4.78 is 31.8. The fourth-order valence-electron chi connectivity index (χ4n) is 2.02. The van der Waals surface area contributed by atoms with E-state index in [1.54, 1.807) is 12.4 Å². The Labute approximate surface area is 134 Å². The van der Waals surface area contributed by atoms with Crippen molar-refractivity contribution in [2.75, 3.05) is 39.9 Å². The first-order chi connectivity index (χ1) is 10.5. The number of nitrogens with one attached hydrogen (secondary N) is 2. The Kier molecular flexibility index (Phi) is 5.93. The second kappa shape index (κ2) is 7.51. The summed E-state index contributed by atoms with van der Waals surface area (Å²) in [5.74, 6) is -0.357. The van der Waals surface area contributed by atoms with E-state index in [1.165, 1.54) is 10.4 Å². The zero-order chi connectivity index (χ0) is 16.2. The first kappa shape index (κ1) is 17.4. The number of amides is 1. The Morgan fingerprint density at radius 3 is 2.77 bits per heavy atom. The fourth-order valence-corrected chi connectivity index (χ4v) is 4.75. The minimum atomic E-state index is -3.65. The monoisotopic (exact) mass is 347 g/mol. The fraction of sp³-hybridized carbons (Fsp3) is 0.615. The van der Waals surface area contributed by atoms with Crippen molar-refractivity contribution in [3.63, 3.8) is 0 Å². The normalized spacial score (nSPS) is 18.1. The number of nitrogens with zero attached hydrogens (tertiary/aromatic N) is 1. The number of thiophene rings is 1. The van der Waals surface area contributed by atoms with E-state index in [0.29, 0.717) is 32.8 Å². The molecule has 0 bridgehead atoms. The summed E-state index contributed by atoms with van der Waals surface area (Å²) in [4.78, 5) is 12.5. The molecule has 124 valence electrons. The van der Waals surface area contributed by atoms with Crippen molar-refractivity contribution in [3.8, 4) is 0 Å². The zero-order valence-electron chi connectivity index (χ0n) is 12.7. The minimum absolute atomic E-state index is 0.0778. The van der Waals surface area contributed by atoms with Crippen molar-refractivity contribution in [2.24, 2.45) is 0 Å². The van der Waals surface area contributed by atoms with Crippen LogP contribution in [0.25, 0.3) is 0 Å². The third kappa shape index (κ3) is 3.85. The number of rotatable bonds is 6. The highest BCUT2D eigenvalue weighted by atomic mass is 32.2. The van der Waals surface area contributed by atoms with Crippen LogP contribution in [0.3, 0.4) is 0 Å². The van der Waals surface area contributed by atoms with E-state index in [1.807, 2.05) is 6.92 Å². The standard InChI is InChI=1S/C13H21N3O4S2/c1-10(14-2)9-15-13(17)12-11(3-8-21-12)22(18,19)16-4-6-20-7-5-16/h3,8,10,14H,4-7,9H2,1-2H3,(H,15,17). The molecule has 0 saturated carbocycles. The number of sulfonamides is 1. The van der Waals surface area contributed by atoms with Gasteiger partial charge in [0.2, 0.25) is 10.0 Å². The minimum Gasteiger partial charge on any atom is -0.379 e. The van der Waals surface area contributed by atoms with Gasteiger partial charge in [0.15, 0.2) is 0 Å². The van der Waals surface area contributed by atoms with E-state index in [0.717, 1.165) is 11.3 Å². The van der Waals surface area contributed by atoms with Crippen LogP contribution in [-0.2, 0) is 14.8 Å². The number of likely N-dealkylation sites (N-methyl/N-ethyl adjacent to an activating group) is 1. The molecule has 2 rings (SSSR count). The molecule has 9 heteroatoms. The summed E-state index contributed by atoms with van der Waals surface area (Å²) in [5, 5.41) is 7.39. The van der Waals surface area contributed by atoms with Gasteiger partial charge < -0.3 is 15.4 Å². The number of carbonyl (C=O) groups is 1. The van der Waals surface area contributed by atoms with Crippen LogP contribution < -0.4 is 10.6 Å². The van der Waals surface area contributed by atoms with E-state index < -0.39 is 10.0 Å². The van der Waals surface area contributed by atoms with Crippen molar-refractivity contribution in [1.29, 1.82) is 0 Å². The van der Waals surface area contributed by atoms with Crippen LogP contribution in [0.5, 0.6) is 0 Å². The van der Waals surface area contributed by atoms with Gasteiger partial charge in [-0.05, 0) is 25.4 Å². The van der Waals surface area contributed by atoms with Crippen molar-refractivity contribution >= 4 is 27.3 Å². The van der Waals surface area contributed by atoms with Crippen molar-refractivity contribution in [2.45, 2.75) is 17.9 Å². The topological polar surface area (TPSA) is 87.7 Å². The number of hydrogen-bond donors (Lipinski definition) is 2. The quantitative estimate of drug-likeness (QED) is 0.762. The molecular weight excluding hydrogens is 326 g/mol. The molecule has 1 saturated heterocycles. The van der Waals surface area contributed by atoms with Gasteiger partial charge in [-0.2, -0.15) is 4.31 Å². The summed E-state index contributed by atoms with van der Waals surface area (Å²) >= 11 is 1.14. The molecule has 22 heavy (non-hydrogen) atoms. The highest BCUT2D eigenvalue weighted by Gasteiger charge is 2.31. The molecule has 1 unspecified atom stereocenters. The van der Waals surface area contributed by atoms with Crippen LogP contribution in [0.2, 0.25) is 0 Å². The molecule has 0 radical (unpaired) electrons. The number of ether oxygens (including phenoxy) is 1. The first-order valence-electron chi connectivity index (χ1n) is 7.07. The molecule has 2 N–H and O–H groups in total. The lowest BCUT2D eigenvalue weighted by molar-refractivity contribution is 0.0730. The maximum atomic E-state index is 12.7. The molecule has 0 aliphatic carbocycles. The predicted octanol–water partition coefficient (Wildman–Crippen LogP) is 0.107. The van der Waals surface area contributed by atoms with Gasteiger partial charge in [0.05, 0.1) is 13.2 Å². The van der Waals surface area contributed by atoms with Crippen molar-refractivity contribution in [1.82, 2.24) is 14.9 Å². The van der Waals surface area contributed by atoms with Gasteiger partial charge in [-0.15, -0.1) is 11.3 Å². The summed E-state index contributed by atoms with van der Waals surface area (Å²) in [6, 6.07) is 1.61. The average molecular weight is 347 g/mol. The van der Waals surface area contributed by atoms with Crippen LogP contribution in [0.1, 0.15) is 16.6 Å². The van der Waals surface area contributed by atoms with Crippen molar-refractivity contribution in [3.05, 3.63) is 16.3 Å². The number of hydrogen-bond acceptors (Lipinski definition) is 6. The van der Waals surface area contributed by atoms with Crippen LogP contribution in [0.4, 0.5) is 0 Å². The van der Waals surface area contributed by atoms with Gasteiger partial charge in [-0.3, -0.25) is 4.79 Å². The molecule has 7 nitrogen and oxygen atoms in total. The molecule has 1 aromatic heterocycles. The third-order valence-corrected chi connectivity index (χ3v) is 6.47. The van der Waals surface area contributed by atoms with Gasteiger partial charge >= 0.3 is 0 Å². The lowest BCUT2D eigenvalue weighted by atomic mass is 10.3. The molecule has 1 atom stereocenters. The van der Waals surface area contributed by atoms with Gasteiger partial charge in [0, 0.05) is 25.7 Å². The molecule has 1 aromatic rings. The average Bonchev–Trinajstić information content (AvgIpc) is 3.03. The summed E-state index contributed by atoms with van der Waals surface area (Å²) in [5.41, 5.74) is 0. The molecule has 1 aliphatic heterocycles. The smallest absolute Gasteiger partial charge is 0.262 e. The van der Waals surface area contributed by atoms with Gasteiger partial charge in [-0.25, -0.2) is 8.42 Å². The van der Waals surface area contributed by atoms with E-state index in [2.05, 4.69) is 10.6 Å². The number of morpholine rings is 1. The molecule has 1 aliphatic rings. The second-order valence-corrected chi connectivity index (χ2v) is 7.85. The Hall–Kier alpha value is -1.00. The summed E-state index contributed by atoms with van der Waals surface area (Å²) in [7, 11) is -1.85. The lowest BCUT2D eigenvalue weighted by Gasteiger charge is -2.26. The van der Waals surface area contributed by atoms with Gasteiger partial charge in [-0.1, -0.05) is 0 Å². The zero-order valence-corrected chi connectivity index (χ0v) is 14.3. The van der Waals surface area contributed by atoms with Crippen LogP contribution in [0.15, 0.2) is 16.3 Å². The lowest BCUT2D eigenvalue weighted by Crippen LogP contribution is -2.41. The van der Waals surface area contributed by atoms with E-state index in [-0.39, 0.29) is 21.7 Å². The summed E-state index contributed by atoms with van der Waals surface area (Å²) in [6.07, 6.45) is 0. The Bertz CT molecular complexity index is 609. The third-order valence-electron chi connectivity index (χ3n) is 3.48. The first-order valence-corrected chi connectivity index (χ1v) is 9.39. The van der Waals surface area contributed by atoms with Crippen LogP contribution >= 0.6 is 11.3 Å². The van der Waals surface area contributed by atoms with E-state index >= 15 is 0 Å². The maximum Gasteiger partial charge on any atom is 0.262 e. The van der Waals surface area contributed by atoms with Gasteiger partial charge in [0.1, 0.15) is 9.77 Å². The van der Waals surface area contributed by atoms with E-state index in [9.17, 15) is 13.2 Å². The molecule has 0 aromatic carbocycles. The SMILES string of the molecule is CNC(C)CNC(=O)c1sccc1S(=O)(=O)N1CCOCC1. The van der Waals surface area contributed by atoms with Crippen molar-refractivity contribution < 1.29 is 17.9 Å². The highest BCUT2D eigenvalue weighted by molar-refractivity contribution is 7.89. The summed E-state index contributed by atoms with van der Waals surface area (Å²) in [6.45, 7) is 3.76. The molecule has 1 amide bonds. The largest absolute Gasteiger partial charge is 0.379 e. The molecular formula is C13H21N3O4S2. The van der Waals surface area contributed by atoms with Gasteiger partial charge in [0.25, 0.3) is 5.91 Å². The Morgan fingerprint density at radius 2 is 2.14 bits per heavy atom. The second-order valence-electron chi connectivity index (χ2n) is 5.03. The highest BCUT2D eigenvalue weighted by Crippen LogP contribution is 2.25. The van der Waals surface area contributed by atoms with E-state index in [4.69, 9.17) is 4.74 Å². The maximum absolute atomic E-state index is 12.7. The molecule has 2 heterocycles. The van der Waals surface area contributed by atoms with Crippen LogP contribution in [-0.4, -0.2) is 64.6 Å². The predicted molar refractivity (Wildman–Crippen MR) is 84.8 cm³/mol. The molecule has 1 fully saturated rings. The number of carbonyl (C=O) groups excluding carboxylic acids is 1. The van der Waals surface area contributed by atoms with Crippen LogP contribution in [0, 0.1) is 0 Å². The Balaban J connectivity index is 2.16. The Morgan fingerprint density at radius 1 is 1.45 bits per heavy atom.